The second kappa shape index (κ2) is 5.07. The van der Waals surface area contributed by atoms with Crippen molar-refractivity contribution < 1.29 is 8.42 Å². The lowest BCUT2D eigenvalue weighted by molar-refractivity contribution is 0.562. The van der Waals surface area contributed by atoms with Crippen LogP contribution in [0.2, 0.25) is 0 Å². The van der Waals surface area contributed by atoms with Gasteiger partial charge in [0.2, 0.25) is 10.0 Å². The van der Waals surface area contributed by atoms with Crippen LogP contribution in [0.3, 0.4) is 0 Å². The average Bonchev–Trinajstić information content (AvgIpc) is 2.28. The fourth-order valence-corrected chi connectivity index (χ4v) is 2.35. The van der Waals surface area contributed by atoms with Crippen LogP contribution in [0.5, 0.6) is 0 Å². The minimum atomic E-state index is -3.54. The zero-order chi connectivity index (χ0) is 12.2. The van der Waals surface area contributed by atoms with Gasteiger partial charge in [0.1, 0.15) is 0 Å². The van der Waals surface area contributed by atoms with Crippen molar-refractivity contribution in [3.63, 3.8) is 0 Å². The molecule has 3 N–H and O–H groups in total. The Balaban J connectivity index is 2.95. The summed E-state index contributed by atoms with van der Waals surface area (Å²) in [5.41, 5.74) is 5.75. The molecule has 86 valence electrons. The van der Waals surface area contributed by atoms with E-state index in [1.54, 1.807) is 6.92 Å². The zero-order valence-electron chi connectivity index (χ0n) is 8.84. The van der Waals surface area contributed by atoms with Gasteiger partial charge in [0, 0.05) is 12.6 Å². The number of nitriles is 1. The standard InChI is InChI=1S/C10H13N3O2S/c1-8(6-11)13-16(14,15)10-4-2-9(7-12)3-5-10/h2-5,8,13H,6,11H2,1H3/t8-/m1/s1. The lowest BCUT2D eigenvalue weighted by atomic mass is 10.2. The summed E-state index contributed by atoms with van der Waals surface area (Å²) in [6.07, 6.45) is 0. The molecule has 0 saturated heterocycles. The molecule has 6 heteroatoms. The fourth-order valence-electron chi connectivity index (χ4n) is 1.09. The highest BCUT2D eigenvalue weighted by atomic mass is 32.2. The molecule has 0 aliphatic heterocycles. The van der Waals surface area contributed by atoms with E-state index in [2.05, 4.69) is 4.72 Å². The van der Waals surface area contributed by atoms with Gasteiger partial charge in [-0.05, 0) is 31.2 Å². The van der Waals surface area contributed by atoms with Crippen LogP contribution in [-0.2, 0) is 10.0 Å². The highest BCUT2D eigenvalue weighted by molar-refractivity contribution is 7.89. The Morgan fingerprint density at radius 2 is 2.00 bits per heavy atom. The molecule has 0 aliphatic rings. The number of hydrogen-bond donors (Lipinski definition) is 2. The molecule has 0 radical (unpaired) electrons. The third kappa shape index (κ3) is 3.03. The van der Waals surface area contributed by atoms with Crippen LogP contribution in [0.1, 0.15) is 12.5 Å². The van der Waals surface area contributed by atoms with Gasteiger partial charge in [0.25, 0.3) is 0 Å². The van der Waals surface area contributed by atoms with Gasteiger partial charge in [-0.3, -0.25) is 0 Å². The summed E-state index contributed by atoms with van der Waals surface area (Å²) >= 11 is 0. The van der Waals surface area contributed by atoms with Crippen molar-refractivity contribution in [2.24, 2.45) is 5.73 Å². The zero-order valence-corrected chi connectivity index (χ0v) is 9.66. The topological polar surface area (TPSA) is 96.0 Å². The summed E-state index contributed by atoms with van der Waals surface area (Å²) in [7, 11) is -3.54. The fraction of sp³-hybridized carbons (Fsp3) is 0.300. The molecule has 1 atom stereocenters. The lowest BCUT2D eigenvalue weighted by Crippen LogP contribution is -2.37. The summed E-state index contributed by atoms with van der Waals surface area (Å²) in [6.45, 7) is 1.91. The van der Waals surface area contributed by atoms with Gasteiger partial charge in [-0.25, -0.2) is 13.1 Å². The van der Waals surface area contributed by atoms with Crippen molar-refractivity contribution in [2.75, 3.05) is 6.54 Å². The third-order valence-corrected chi connectivity index (χ3v) is 3.61. The van der Waals surface area contributed by atoms with Crippen molar-refractivity contribution >= 4 is 10.0 Å². The summed E-state index contributed by atoms with van der Waals surface area (Å²) in [6, 6.07) is 7.31. The Hall–Kier alpha value is -1.42. The lowest BCUT2D eigenvalue weighted by Gasteiger charge is -2.11. The molecule has 5 nitrogen and oxygen atoms in total. The Morgan fingerprint density at radius 1 is 1.44 bits per heavy atom. The van der Waals surface area contributed by atoms with Crippen molar-refractivity contribution in [1.82, 2.24) is 4.72 Å². The normalized spacial score (nSPS) is 13.1. The maximum atomic E-state index is 11.8. The smallest absolute Gasteiger partial charge is 0.240 e. The van der Waals surface area contributed by atoms with Crippen LogP contribution < -0.4 is 10.5 Å². The van der Waals surface area contributed by atoms with Crippen LogP contribution in [0.25, 0.3) is 0 Å². The molecular weight excluding hydrogens is 226 g/mol. The van der Waals surface area contributed by atoms with E-state index >= 15 is 0 Å². The number of hydrogen-bond acceptors (Lipinski definition) is 4. The Labute approximate surface area is 94.9 Å². The molecular formula is C10H13N3O2S. The number of nitrogens with zero attached hydrogens (tertiary/aromatic N) is 1. The second-order valence-corrected chi connectivity index (χ2v) is 5.11. The van der Waals surface area contributed by atoms with Crippen LogP contribution in [-0.4, -0.2) is 21.0 Å². The maximum Gasteiger partial charge on any atom is 0.240 e. The highest BCUT2D eigenvalue weighted by Crippen LogP contribution is 2.10. The quantitative estimate of drug-likeness (QED) is 0.783. The molecule has 0 spiro atoms. The van der Waals surface area contributed by atoms with Crippen LogP contribution >= 0.6 is 0 Å². The first-order valence-electron chi connectivity index (χ1n) is 4.72. The summed E-state index contributed by atoms with van der Waals surface area (Å²) in [4.78, 5) is 0.131. The molecule has 0 fully saturated rings. The predicted molar refractivity (Wildman–Crippen MR) is 60.0 cm³/mol. The number of nitrogens with one attached hydrogen (secondary N) is 1. The van der Waals surface area contributed by atoms with Gasteiger partial charge < -0.3 is 5.73 Å². The summed E-state index contributed by atoms with van der Waals surface area (Å²) in [5, 5.41) is 8.58. The Kier molecular flexibility index (Phi) is 4.01. The summed E-state index contributed by atoms with van der Waals surface area (Å²) in [5.74, 6) is 0. The van der Waals surface area contributed by atoms with Crippen molar-refractivity contribution in [3.05, 3.63) is 29.8 Å². The highest BCUT2D eigenvalue weighted by Gasteiger charge is 2.16. The van der Waals surface area contributed by atoms with Gasteiger partial charge in [-0.2, -0.15) is 5.26 Å². The van der Waals surface area contributed by atoms with E-state index in [1.807, 2.05) is 6.07 Å². The van der Waals surface area contributed by atoms with E-state index in [0.717, 1.165) is 0 Å². The van der Waals surface area contributed by atoms with Crippen molar-refractivity contribution in [2.45, 2.75) is 17.9 Å². The number of nitrogens with two attached hydrogens (primary N) is 1. The monoisotopic (exact) mass is 239 g/mol. The first-order valence-corrected chi connectivity index (χ1v) is 6.20. The van der Waals surface area contributed by atoms with Crippen LogP contribution in [0.15, 0.2) is 29.2 Å². The average molecular weight is 239 g/mol. The largest absolute Gasteiger partial charge is 0.329 e. The van der Waals surface area contributed by atoms with Crippen molar-refractivity contribution in [1.29, 1.82) is 5.26 Å². The summed E-state index contributed by atoms with van der Waals surface area (Å²) < 4.78 is 25.9. The van der Waals surface area contributed by atoms with E-state index in [1.165, 1.54) is 24.3 Å². The molecule has 16 heavy (non-hydrogen) atoms. The van der Waals surface area contributed by atoms with Gasteiger partial charge in [-0.1, -0.05) is 0 Å². The Bertz CT molecular complexity index is 488. The van der Waals surface area contributed by atoms with Crippen LogP contribution in [0.4, 0.5) is 0 Å². The molecule has 0 saturated carbocycles. The first kappa shape index (κ1) is 12.6. The number of benzene rings is 1. The molecule has 0 bridgehead atoms. The van der Waals surface area contributed by atoms with Gasteiger partial charge >= 0.3 is 0 Å². The third-order valence-electron chi connectivity index (χ3n) is 2.00. The molecule has 0 aliphatic carbocycles. The van der Waals surface area contributed by atoms with Gasteiger partial charge in [-0.15, -0.1) is 0 Å². The van der Waals surface area contributed by atoms with E-state index in [-0.39, 0.29) is 17.5 Å². The van der Waals surface area contributed by atoms with Gasteiger partial charge in [0.15, 0.2) is 0 Å². The molecule has 1 aromatic rings. The molecule has 0 aromatic heterocycles. The van der Waals surface area contributed by atoms with E-state index < -0.39 is 10.0 Å². The maximum absolute atomic E-state index is 11.8. The Morgan fingerprint density at radius 3 is 2.44 bits per heavy atom. The number of rotatable bonds is 4. The molecule has 0 amide bonds. The number of sulfonamides is 1. The molecule has 1 rings (SSSR count). The van der Waals surface area contributed by atoms with Crippen molar-refractivity contribution in [3.8, 4) is 6.07 Å². The minimum absolute atomic E-state index is 0.131. The SMILES string of the molecule is C[C@H](CN)NS(=O)(=O)c1ccc(C#N)cc1. The predicted octanol–water partition coefficient (Wildman–Crippen LogP) is 0.184. The van der Waals surface area contributed by atoms with Crippen LogP contribution in [0, 0.1) is 11.3 Å². The second-order valence-electron chi connectivity index (χ2n) is 3.39. The van der Waals surface area contributed by atoms with E-state index in [0.29, 0.717) is 5.56 Å². The first-order chi connectivity index (χ1) is 7.49. The molecule has 0 unspecified atom stereocenters. The van der Waals surface area contributed by atoms with E-state index in [9.17, 15) is 8.42 Å². The van der Waals surface area contributed by atoms with Gasteiger partial charge in [0.05, 0.1) is 16.5 Å². The van der Waals surface area contributed by atoms with E-state index in [4.69, 9.17) is 11.0 Å². The molecule has 0 heterocycles. The minimum Gasteiger partial charge on any atom is -0.329 e. The molecule has 1 aromatic carbocycles.